The van der Waals surface area contributed by atoms with Crippen molar-refractivity contribution in [3.8, 4) is 0 Å². The summed E-state index contributed by atoms with van der Waals surface area (Å²) in [4.78, 5) is 15.3. The van der Waals surface area contributed by atoms with E-state index in [0.717, 1.165) is 76.0 Å². The normalized spacial score (nSPS) is 27.0. The maximum absolute atomic E-state index is 10.9. The second-order valence-corrected chi connectivity index (χ2v) is 25.9. The Kier molecular flexibility index (Phi) is 52.0. The predicted molar refractivity (Wildman–Crippen MR) is 348 cm³/mol. The third-order valence-electron chi connectivity index (χ3n) is 15.3. The fourth-order valence-electron chi connectivity index (χ4n) is 11.3. The van der Waals surface area contributed by atoms with Crippen molar-refractivity contribution in [3.63, 3.8) is 0 Å². The first-order chi connectivity index (χ1) is 37.3. The summed E-state index contributed by atoms with van der Waals surface area (Å²) in [6.45, 7) is 24.0. The van der Waals surface area contributed by atoms with Crippen LogP contribution in [0.4, 0.5) is 0 Å². The minimum atomic E-state index is -3.26. The number of thiol groups is 1. The van der Waals surface area contributed by atoms with Crippen LogP contribution in [-0.2, 0) is 75.6 Å². The molecular formula is C65H109N4NaO3Pd3S5. The molecule has 4 aromatic carbocycles. The minimum absolute atomic E-state index is 0. The van der Waals surface area contributed by atoms with Crippen molar-refractivity contribution in [1.29, 1.82) is 0 Å². The largest absolute Gasteiger partial charge is 1.00 e. The van der Waals surface area contributed by atoms with E-state index in [1.165, 1.54) is 78.9 Å². The van der Waals surface area contributed by atoms with Crippen LogP contribution < -0.4 is 29.6 Å². The number of nitrogens with zero attached hydrogens (tertiary/aromatic N) is 4. The second-order valence-electron chi connectivity index (χ2n) is 19.6. The van der Waals surface area contributed by atoms with Gasteiger partial charge in [0.15, 0.2) is 0 Å². The van der Waals surface area contributed by atoms with Crippen molar-refractivity contribution >= 4 is 58.0 Å². The molecule has 12 fully saturated rings. The average Bonchev–Trinajstić information content (AvgIpc) is 3.50. The van der Waals surface area contributed by atoms with E-state index in [4.69, 9.17) is 4.18 Å². The van der Waals surface area contributed by atoms with Crippen LogP contribution in [0, 0.1) is 0 Å². The SMILES string of the molecule is CC.CC.CC.CC.CC.CC.CN1C2CC(OS(C)(=O)=O)CC1C2.CN1C2CC(Sc3ccccc3)CC1C2.CN1C2CC(Sc3ccccc3)CC1C2.CN1C2CC(Sc3ccccc3)CC1C2.Sc1ccccc1.[H-].[Na+].[Pd].[Pd].[Pd]. The fraction of sp³-hybridized carbons (Fsp3) is 0.631. The Balaban J connectivity index is -0.000000442. The van der Waals surface area contributed by atoms with Gasteiger partial charge in [-0.25, -0.2) is 0 Å². The van der Waals surface area contributed by atoms with Gasteiger partial charge in [0.1, 0.15) is 0 Å². The molecule has 0 spiro atoms. The third kappa shape index (κ3) is 29.9. The Labute approximate surface area is 581 Å². The van der Waals surface area contributed by atoms with Crippen LogP contribution in [0.25, 0.3) is 0 Å². The maximum Gasteiger partial charge on any atom is 1.00 e. The second kappa shape index (κ2) is 48.9. The number of benzene rings is 4. The van der Waals surface area contributed by atoms with Crippen LogP contribution in [0.5, 0.6) is 0 Å². The van der Waals surface area contributed by atoms with Gasteiger partial charge in [0.2, 0.25) is 0 Å². The number of hydrogen-bond acceptors (Lipinski definition) is 11. The van der Waals surface area contributed by atoms with Gasteiger partial charge in [-0.05, 0) is 154 Å². The van der Waals surface area contributed by atoms with Gasteiger partial charge in [0.25, 0.3) is 10.1 Å². The topological polar surface area (TPSA) is 56.3 Å². The van der Waals surface area contributed by atoms with E-state index in [0.29, 0.717) is 12.1 Å². The van der Waals surface area contributed by atoms with Gasteiger partial charge in [0, 0.05) is 145 Å². The molecule has 7 nitrogen and oxygen atoms in total. The van der Waals surface area contributed by atoms with E-state index < -0.39 is 10.1 Å². The van der Waals surface area contributed by atoms with Gasteiger partial charge in [-0.2, -0.15) is 8.42 Å². The van der Waals surface area contributed by atoms with E-state index >= 15 is 0 Å². The third-order valence-corrected chi connectivity index (χ3v) is 20.0. The van der Waals surface area contributed by atoms with Crippen LogP contribution in [0.15, 0.2) is 141 Å². The Morgan fingerprint density at radius 1 is 0.383 bits per heavy atom. The molecule has 468 valence electrons. The first kappa shape index (κ1) is 86.2. The summed E-state index contributed by atoms with van der Waals surface area (Å²) in [5.74, 6) is 0. The van der Waals surface area contributed by atoms with Crippen molar-refractivity contribution < 1.29 is 105 Å². The molecule has 8 aliphatic heterocycles. The van der Waals surface area contributed by atoms with E-state index in [1.807, 2.05) is 113 Å². The molecule has 12 aliphatic rings. The molecule has 8 unspecified atom stereocenters. The molecule has 8 saturated heterocycles. The van der Waals surface area contributed by atoms with Gasteiger partial charge >= 0.3 is 29.6 Å². The van der Waals surface area contributed by atoms with E-state index in [9.17, 15) is 8.42 Å². The van der Waals surface area contributed by atoms with E-state index in [1.54, 1.807) is 0 Å². The van der Waals surface area contributed by atoms with Gasteiger partial charge in [0.05, 0.1) is 12.4 Å². The Hall–Kier alpha value is 1.02. The molecule has 4 aliphatic carbocycles. The van der Waals surface area contributed by atoms with E-state index in [-0.39, 0.29) is 98.4 Å². The number of fused-ring (bicyclic) bond motifs is 8. The van der Waals surface area contributed by atoms with Crippen LogP contribution in [-0.4, -0.2) is 133 Å². The monoisotopic (exact) mass is 1490 g/mol. The summed E-state index contributed by atoms with van der Waals surface area (Å²) < 4.78 is 26.7. The van der Waals surface area contributed by atoms with Crippen LogP contribution in [0.1, 0.15) is 162 Å². The first-order valence-electron chi connectivity index (χ1n) is 30.0. The van der Waals surface area contributed by atoms with E-state index in [2.05, 4.69) is 187 Å². The number of piperidine rings is 4. The standard InChI is InChI=1S/3C13H17NS.C8H15NO3S.C6H6S.6C2H6.Na.3Pd.H/c3*1-14-10-7-11(14)9-13(8-10)15-12-5-3-2-4-6-12;1-9-6-3-7(9)5-8(4-6)12-13(2,10)11;7-6-4-2-1-3-5-6;6*1-2;;;;;/h3*2-6,10-11,13H,7-9H2,1H3;6-8H,3-5H2,1-2H3;1-5,7H;6*1-2H3;;;;;/q;;;;;;;;;;;+1;;;;-1. The Bertz CT molecular complexity index is 1990. The van der Waals surface area contributed by atoms with Gasteiger partial charge in [-0.1, -0.05) is 156 Å². The molecule has 4 saturated carbocycles. The molecule has 8 heterocycles. The molecule has 4 aromatic rings. The average molecular weight is 1500 g/mol. The predicted octanol–water partition coefficient (Wildman–Crippen LogP) is 14.5. The van der Waals surface area contributed by atoms with Crippen LogP contribution >= 0.6 is 47.9 Å². The van der Waals surface area contributed by atoms with Crippen LogP contribution in [0.3, 0.4) is 0 Å². The summed E-state index contributed by atoms with van der Waals surface area (Å²) in [5, 5.41) is 2.56. The zero-order valence-corrected chi connectivity index (χ0v) is 63.8. The van der Waals surface area contributed by atoms with Crippen molar-refractivity contribution in [2.24, 2.45) is 0 Å². The molecule has 0 amide bonds. The zero-order valence-electron chi connectivity index (χ0n) is 54.0. The fourth-order valence-corrected chi connectivity index (χ4v) is 16.1. The van der Waals surface area contributed by atoms with Crippen molar-refractivity contribution in [2.75, 3.05) is 34.4 Å². The minimum Gasteiger partial charge on any atom is -1.00 e. The summed E-state index contributed by atoms with van der Waals surface area (Å²) in [5.41, 5.74) is 0. The maximum atomic E-state index is 10.9. The molecule has 16 rings (SSSR count). The number of hydrogen-bond donors (Lipinski definition) is 1. The van der Waals surface area contributed by atoms with Crippen molar-refractivity contribution in [1.82, 2.24) is 19.6 Å². The van der Waals surface area contributed by atoms with Gasteiger partial charge in [-0.3, -0.25) is 4.18 Å². The Morgan fingerprint density at radius 2 is 0.580 bits per heavy atom. The quantitative estimate of drug-likeness (QED) is 0.105. The summed E-state index contributed by atoms with van der Waals surface area (Å²) >= 11 is 10.3. The molecule has 0 aromatic heterocycles. The molecule has 0 N–H and O–H groups in total. The zero-order chi connectivity index (χ0) is 57.5. The molecule has 8 bridgehead atoms. The number of rotatable bonds is 8. The number of thioether (sulfide) groups is 3. The van der Waals surface area contributed by atoms with Crippen LogP contribution in [0.2, 0.25) is 0 Å². The van der Waals surface area contributed by atoms with Crippen molar-refractivity contribution in [3.05, 3.63) is 121 Å². The smallest absolute Gasteiger partial charge is 1.00 e. The Morgan fingerprint density at radius 3 is 0.753 bits per heavy atom. The molecular weight excluding hydrogens is 1390 g/mol. The first-order valence-corrected chi connectivity index (χ1v) is 34.9. The summed E-state index contributed by atoms with van der Waals surface area (Å²) in [7, 11) is 5.67. The van der Waals surface area contributed by atoms with Crippen molar-refractivity contribution in [2.45, 2.75) is 250 Å². The summed E-state index contributed by atoms with van der Waals surface area (Å²) in [6.07, 6.45) is 16.6. The molecule has 8 atom stereocenters. The molecule has 81 heavy (non-hydrogen) atoms. The van der Waals surface area contributed by atoms with Gasteiger partial charge < -0.3 is 21.0 Å². The summed E-state index contributed by atoms with van der Waals surface area (Å²) in [6, 6.07) is 48.6. The molecule has 16 heteroatoms. The van der Waals surface area contributed by atoms with Gasteiger partial charge in [-0.15, -0.1) is 47.9 Å². The molecule has 0 radical (unpaired) electrons.